The molecule has 3 N–H and O–H groups in total. The molecule has 5 fully saturated rings. The fourth-order valence-electron chi connectivity index (χ4n) is 14.9. The second-order valence-corrected chi connectivity index (χ2v) is 33.2. The van der Waals surface area contributed by atoms with Crippen LogP contribution in [0.1, 0.15) is 267 Å². The van der Waals surface area contributed by atoms with Crippen molar-refractivity contribution in [2.45, 2.75) is 278 Å². The molecular weight excluding hydrogens is 1370 g/mol. The van der Waals surface area contributed by atoms with Gasteiger partial charge in [0.05, 0.1) is 19.0 Å². The number of rotatable bonds is 24. The first-order valence-corrected chi connectivity index (χ1v) is 39.1. The summed E-state index contributed by atoms with van der Waals surface area (Å²) in [5.41, 5.74) is 1.20. The standard InChI is InChI=1S/C38H57FN6O5.C34H50FN5O3.C10H13N2O.Li.H2O/c1-26(42(8)36(49)50-38(5,6)7)33(46)41-32(37(2,3)4)35(48)45-21-12-15-30(45)23-43(22-20-27-16-18-28(39)19-17-27)34(47)31-24-44(25-40-31)29-13-10-9-11-14-29;1-6-24(2)31(41)37-30(34(3,4)5)33(43)40-19-10-13-28(40)21-38(20-18-25-14-16-26(35)17-15-25)32(42)29-22-39(23-36-29)27-11-8-7-9-12-27;13-7-9-6-12(8-11-9)10-4-2-1-3-5-10;;/h16-19,24-26,29-30,32H,9-15,20-23H2,1-8H3,(H,41,46);14-17,22-24,27-28,30H,6-13,18-21H2,1-5H3,(H,37,41);6,8,10H,1-5H2;;1H2/q;;-1;+1;/p-1/t26-,30-,32+;24-,28+,30-;;;/m01.../s1. The zero-order valence-electron chi connectivity index (χ0n) is 66.9. The molecule has 590 valence electrons. The van der Waals surface area contributed by atoms with Crippen LogP contribution in [0.4, 0.5) is 13.6 Å². The van der Waals surface area contributed by atoms with Gasteiger partial charge in [-0.2, -0.15) is 0 Å². The molecule has 5 aliphatic rings. The molecule has 0 radical (unpaired) electrons. The summed E-state index contributed by atoms with van der Waals surface area (Å²) >= 11 is 0. The van der Waals surface area contributed by atoms with Crippen LogP contribution < -0.4 is 29.5 Å². The van der Waals surface area contributed by atoms with E-state index in [0.717, 1.165) is 68.9 Å². The summed E-state index contributed by atoms with van der Waals surface area (Å²) in [4.78, 5) is 127. The summed E-state index contributed by atoms with van der Waals surface area (Å²) in [6.45, 7) is 24.8. The summed E-state index contributed by atoms with van der Waals surface area (Å²) in [6.07, 6.45) is 34.7. The van der Waals surface area contributed by atoms with Gasteiger partial charge in [0, 0.05) is 101 Å². The van der Waals surface area contributed by atoms with Gasteiger partial charge in [0.1, 0.15) is 46.7 Å². The molecule has 0 spiro atoms. The normalized spacial score (nSPS) is 18.4. The van der Waals surface area contributed by atoms with E-state index in [0.29, 0.717) is 100 Å². The van der Waals surface area contributed by atoms with Gasteiger partial charge in [-0.3, -0.25) is 38.7 Å². The predicted molar refractivity (Wildman–Crippen MR) is 407 cm³/mol. The Bertz CT molecular complexity index is 3680. The van der Waals surface area contributed by atoms with Crippen LogP contribution in [0.15, 0.2) is 86.1 Å². The number of likely N-dealkylation sites (tertiary alicyclic amines) is 2. The molecule has 3 aromatic heterocycles. The van der Waals surface area contributed by atoms with E-state index >= 15 is 0 Å². The van der Waals surface area contributed by atoms with Crippen molar-refractivity contribution in [2.24, 2.45) is 16.7 Å². The largest absolute Gasteiger partial charge is 1.00 e. The maximum Gasteiger partial charge on any atom is 1.00 e. The fraction of sp³-hybridized carbons (Fsp3) is 0.646. The molecule has 26 heteroatoms. The zero-order chi connectivity index (χ0) is 77.0. The van der Waals surface area contributed by atoms with Gasteiger partial charge < -0.3 is 58.9 Å². The first-order valence-electron chi connectivity index (χ1n) is 39.1. The van der Waals surface area contributed by atoms with Gasteiger partial charge >= 0.3 is 25.0 Å². The molecule has 108 heavy (non-hydrogen) atoms. The van der Waals surface area contributed by atoms with Gasteiger partial charge in [0.15, 0.2) is 0 Å². The van der Waals surface area contributed by atoms with E-state index < -0.39 is 46.6 Å². The van der Waals surface area contributed by atoms with E-state index in [1.165, 1.54) is 94.0 Å². The topological polar surface area (TPSA) is 270 Å². The minimum absolute atomic E-state index is 0. The molecule has 3 saturated carbocycles. The van der Waals surface area contributed by atoms with Crippen LogP contribution in [0.5, 0.6) is 0 Å². The molecule has 3 aliphatic carbocycles. The van der Waals surface area contributed by atoms with Crippen LogP contribution in [-0.2, 0) is 41.6 Å². The Hall–Kier alpha value is -7.75. The Balaban J connectivity index is 0.000000286. The second kappa shape index (κ2) is 41.3. The van der Waals surface area contributed by atoms with E-state index in [1.54, 1.807) is 98.1 Å². The van der Waals surface area contributed by atoms with Crippen molar-refractivity contribution in [3.05, 3.63) is 126 Å². The Labute approximate surface area is 651 Å². The fourth-order valence-corrected chi connectivity index (χ4v) is 14.9. The molecular formula is C82H121F2LiN13O10-. The van der Waals surface area contributed by atoms with E-state index in [-0.39, 0.29) is 83.5 Å². The number of halogens is 2. The SMILES string of the molecule is CC[C@@H](C)C(=O)N[C@H](C(=O)N1CCC[C@H]1CN(CCc1ccc(F)cc1)C(=O)c1cn(C2CCCCC2)cn1)C(C)(C)C.C[C@@H](C(=O)N[C@H](C(=O)N1CCC[C@H]1CN(CCc1ccc(F)cc1)C(=O)c1cn(C2CCCCC2)cn1)C(C)(C)C)N(C)C(=O)OC(C)(C)C.O=[C-]c1cn(C2CCCCC2)cn1.[Li+].[OH-]. The molecule has 10 rings (SSSR count). The summed E-state index contributed by atoms with van der Waals surface area (Å²) in [5, 5.41) is 5.97. The molecule has 2 aromatic carbocycles. The first-order chi connectivity index (χ1) is 50.3. The number of nitrogens with zero attached hydrogens (tertiary/aromatic N) is 11. The third-order valence-electron chi connectivity index (χ3n) is 21.8. The van der Waals surface area contributed by atoms with E-state index in [1.807, 2.05) is 72.7 Å². The monoisotopic (exact) mass is 1490 g/mol. The van der Waals surface area contributed by atoms with Crippen molar-refractivity contribution >= 4 is 47.8 Å². The van der Waals surface area contributed by atoms with E-state index in [9.17, 15) is 47.1 Å². The van der Waals surface area contributed by atoms with Gasteiger partial charge in [-0.1, -0.05) is 137 Å². The van der Waals surface area contributed by atoms with E-state index in [4.69, 9.17) is 4.74 Å². The summed E-state index contributed by atoms with van der Waals surface area (Å²) in [7, 11) is 1.50. The molecule has 6 atom stereocenters. The predicted octanol–water partition coefficient (Wildman–Crippen LogP) is 10.4. The van der Waals surface area contributed by atoms with Crippen LogP contribution in [-0.4, -0.2) is 189 Å². The molecule has 5 heterocycles. The van der Waals surface area contributed by atoms with Crippen LogP contribution in [0, 0.1) is 28.4 Å². The summed E-state index contributed by atoms with van der Waals surface area (Å²) < 4.78 is 38.8. The summed E-state index contributed by atoms with van der Waals surface area (Å²) in [5.74, 6) is -2.07. The van der Waals surface area contributed by atoms with Crippen molar-refractivity contribution in [3.63, 3.8) is 0 Å². The second-order valence-electron chi connectivity index (χ2n) is 33.2. The van der Waals surface area contributed by atoms with Crippen LogP contribution in [0.2, 0.25) is 0 Å². The number of hydrogen-bond acceptors (Lipinski definition) is 13. The average Bonchev–Trinajstić information content (AvgIpc) is 1.68. The Morgan fingerprint density at radius 2 is 0.917 bits per heavy atom. The molecule has 2 saturated heterocycles. The number of hydrogen-bond donors (Lipinski definition) is 2. The number of imidazole rings is 3. The number of nitrogens with one attached hydrogen (secondary N) is 2. The average molecular weight is 1490 g/mol. The quantitative estimate of drug-likeness (QED) is 0.0430. The van der Waals surface area contributed by atoms with Crippen molar-refractivity contribution < 1.29 is 76.2 Å². The number of amides is 7. The maximum absolute atomic E-state index is 14.3. The number of carbonyl (C=O) groups excluding carboxylic acids is 8. The molecule has 23 nitrogen and oxygen atoms in total. The third kappa shape index (κ3) is 25.7. The number of likely N-dealkylation sites (N-methyl/N-ethyl adjacent to an activating group) is 1. The number of benzene rings is 2. The van der Waals surface area contributed by atoms with Gasteiger partial charge in [-0.05, 0) is 163 Å². The molecule has 0 unspecified atom stereocenters. The van der Waals surface area contributed by atoms with Crippen molar-refractivity contribution in [2.75, 3.05) is 46.3 Å². The van der Waals surface area contributed by atoms with Crippen LogP contribution in [0.25, 0.3) is 0 Å². The number of carbonyl (C=O) groups is 7. The van der Waals surface area contributed by atoms with Crippen LogP contribution in [0.3, 0.4) is 0 Å². The van der Waals surface area contributed by atoms with Gasteiger partial charge in [0.2, 0.25) is 23.6 Å². The van der Waals surface area contributed by atoms with Crippen molar-refractivity contribution in [1.82, 2.24) is 63.8 Å². The van der Waals surface area contributed by atoms with Crippen molar-refractivity contribution in [1.29, 1.82) is 0 Å². The van der Waals surface area contributed by atoms with Crippen molar-refractivity contribution in [3.8, 4) is 0 Å². The molecule has 2 aliphatic heterocycles. The minimum Gasteiger partial charge on any atom is -0.870 e. The van der Waals surface area contributed by atoms with Gasteiger partial charge in [-0.15, -0.1) is 6.20 Å². The number of aromatic nitrogens is 6. The van der Waals surface area contributed by atoms with Gasteiger partial charge in [0.25, 0.3) is 11.8 Å². The van der Waals surface area contributed by atoms with E-state index in [2.05, 4.69) is 39.3 Å². The third-order valence-corrected chi connectivity index (χ3v) is 21.8. The number of ether oxygens (including phenoxy) is 1. The Morgan fingerprint density at radius 1 is 0.546 bits per heavy atom. The molecule has 7 amide bonds. The summed E-state index contributed by atoms with van der Waals surface area (Å²) in [6, 6.07) is 11.0. The first kappa shape index (κ1) is 89.1. The van der Waals surface area contributed by atoms with Gasteiger partial charge in [-0.25, -0.2) is 23.5 Å². The maximum atomic E-state index is 14.3. The smallest absolute Gasteiger partial charge is 0.870 e. The molecule has 0 bridgehead atoms. The van der Waals surface area contributed by atoms with Crippen LogP contribution >= 0.6 is 0 Å². The molecule has 5 aromatic rings. The minimum atomic E-state index is -0.884. The zero-order valence-corrected chi connectivity index (χ0v) is 66.9. The Kier molecular flexibility index (Phi) is 34.1. The Morgan fingerprint density at radius 3 is 1.27 bits per heavy atom.